The zero-order valence-corrected chi connectivity index (χ0v) is 27.1. The number of aryl methyl sites for hydroxylation is 1. The molecule has 4 aromatic rings. The Morgan fingerprint density at radius 2 is 1.43 bits per heavy atom. The molecule has 1 N–H and O–H groups in total. The molecule has 0 saturated carbocycles. The molecule has 10 heteroatoms. The Kier molecular flexibility index (Phi) is 11.1. The fourth-order valence-electron chi connectivity index (χ4n) is 4.71. The Morgan fingerprint density at radius 1 is 0.818 bits per heavy atom. The molecular formula is C34H35Cl2N3O4S. The van der Waals surface area contributed by atoms with Gasteiger partial charge in [0.2, 0.25) is 11.8 Å². The molecule has 44 heavy (non-hydrogen) atoms. The average Bonchev–Trinajstić information content (AvgIpc) is 3.00. The number of rotatable bonds is 12. The first kappa shape index (κ1) is 33.1. The van der Waals surface area contributed by atoms with Crippen molar-refractivity contribution in [1.82, 2.24) is 10.2 Å². The van der Waals surface area contributed by atoms with Crippen molar-refractivity contribution >= 4 is 50.7 Å². The first-order valence-corrected chi connectivity index (χ1v) is 16.4. The third kappa shape index (κ3) is 8.40. The number of hydrogen-bond acceptors (Lipinski definition) is 4. The van der Waals surface area contributed by atoms with Crippen LogP contribution < -0.4 is 9.62 Å². The number of carbonyl (C=O) groups is 2. The topological polar surface area (TPSA) is 86.8 Å². The predicted molar refractivity (Wildman–Crippen MR) is 176 cm³/mol. The quantitative estimate of drug-likeness (QED) is 0.186. The normalized spacial score (nSPS) is 12.0. The third-order valence-corrected chi connectivity index (χ3v) is 9.47. The van der Waals surface area contributed by atoms with Crippen molar-refractivity contribution in [3.63, 3.8) is 0 Å². The number of hydrogen-bond donors (Lipinski definition) is 1. The van der Waals surface area contributed by atoms with Gasteiger partial charge in [-0.2, -0.15) is 0 Å². The maximum absolute atomic E-state index is 14.4. The molecule has 4 aromatic carbocycles. The predicted octanol–water partition coefficient (Wildman–Crippen LogP) is 6.66. The van der Waals surface area contributed by atoms with Crippen molar-refractivity contribution in [2.75, 3.05) is 10.8 Å². The number of sulfonamides is 1. The highest BCUT2D eigenvalue weighted by Gasteiger charge is 2.35. The summed E-state index contributed by atoms with van der Waals surface area (Å²) >= 11 is 12.6. The lowest BCUT2D eigenvalue weighted by Crippen LogP contribution is -2.54. The monoisotopic (exact) mass is 651 g/mol. The second-order valence-electron chi connectivity index (χ2n) is 10.8. The number of nitrogens with zero attached hydrogens (tertiary/aromatic N) is 2. The van der Waals surface area contributed by atoms with Crippen molar-refractivity contribution in [2.45, 2.75) is 50.7 Å². The average molecular weight is 653 g/mol. The second kappa shape index (κ2) is 14.8. The summed E-state index contributed by atoms with van der Waals surface area (Å²) in [4.78, 5) is 29.6. The van der Waals surface area contributed by atoms with Gasteiger partial charge in [0.25, 0.3) is 10.0 Å². The maximum Gasteiger partial charge on any atom is 0.264 e. The zero-order valence-electron chi connectivity index (χ0n) is 24.8. The van der Waals surface area contributed by atoms with E-state index in [2.05, 4.69) is 5.32 Å². The summed E-state index contributed by atoms with van der Waals surface area (Å²) in [6.45, 7) is 4.98. The molecule has 1 atom stereocenters. The smallest absolute Gasteiger partial charge is 0.264 e. The standard InChI is InChI=1S/C34H35Cl2N3O4S/c1-24(2)37-34(41)32(20-26-10-6-4-7-11-26)38(22-27-15-17-28(35)18-16-27)33(40)23-39(29-19-14-25(3)31(36)21-29)44(42,43)30-12-8-5-9-13-30/h4-19,21,24,32H,20,22-23H2,1-3H3,(H,37,41)/t32-/m1/s1. The largest absolute Gasteiger partial charge is 0.352 e. The molecular weight excluding hydrogens is 617 g/mol. The Balaban J connectivity index is 1.81. The summed E-state index contributed by atoms with van der Waals surface area (Å²) in [6.07, 6.45) is 0.223. The summed E-state index contributed by atoms with van der Waals surface area (Å²) in [5.74, 6) is -0.905. The number of halogens is 2. The molecule has 7 nitrogen and oxygen atoms in total. The van der Waals surface area contributed by atoms with Crippen molar-refractivity contribution in [3.8, 4) is 0 Å². The van der Waals surface area contributed by atoms with Crippen LogP contribution in [0.2, 0.25) is 10.0 Å². The van der Waals surface area contributed by atoms with Crippen LogP contribution in [0.15, 0.2) is 108 Å². The van der Waals surface area contributed by atoms with Gasteiger partial charge in [-0.1, -0.05) is 89.9 Å². The van der Waals surface area contributed by atoms with Gasteiger partial charge in [0.1, 0.15) is 12.6 Å². The summed E-state index contributed by atoms with van der Waals surface area (Å²) < 4.78 is 29.1. The van der Waals surface area contributed by atoms with Crippen molar-refractivity contribution < 1.29 is 18.0 Å². The van der Waals surface area contributed by atoms with Crippen LogP contribution in [0.5, 0.6) is 0 Å². The molecule has 0 aliphatic heterocycles. The van der Waals surface area contributed by atoms with Crippen molar-refractivity contribution in [3.05, 3.63) is 130 Å². The van der Waals surface area contributed by atoms with Crippen LogP contribution in [0.1, 0.15) is 30.5 Å². The van der Waals surface area contributed by atoms with Gasteiger partial charge in [0, 0.05) is 29.1 Å². The highest BCUT2D eigenvalue weighted by Crippen LogP contribution is 2.29. The molecule has 0 bridgehead atoms. The Hall–Kier alpha value is -3.85. The summed E-state index contributed by atoms with van der Waals surface area (Å²) in [6, 6.07) is 28.0. The number of amides is 2. The van der Waals surface area contributed by atoms with E-state index in [9.17, 15) is 18.0 Å². The van der Waals surface area contributed by atoms with Crippen molar-refractivity contribution in [2.24, 2.45) is 0 Å². The summed E-state index contributed by atoms with van der Waals surface area (Å²) in [7, 11) is -4.21. The molecule has 0 aliphatic carbocycles. The van der Waals surface area contributed by atoms with Gasteiger partial charge >= 0.3 is 0 Å². The van der Waals surface area contributed by atoms with E-state index in [1.807, 2.05) is 51.1 Å². The number of benzene rings is 4. The van der Waals surface area contributed by atoms with Crippen LogP contribution in [-0.4, -0.2) is 43.8 Å². The molecule has 0 spiro atoms. The lowest BCUT2D eigenvalue weighted by atomic mass is 10.0. The highest BCUT2D eigenvalue weighted by atomic mass is 35.5. The van der Waals surface area contributed by atoms with Gasteiger partial charge in [-0.25, -0.2) is 8.42 Å². The third-order valence-electron chi connectivity index (χ3n) is 7.02. The molecule has 0 heterocycles. The van der Waals surface area contributed by atoms with Gasteiger partial charge in [-0.3, -0.25) is 13.9 Å². The molecule has 0 unspecified atom stereocenters. The Morgan fingerprint density at radius 3 is 2.02 bits per heavy atom. The van der Waals surface area contributed by atoms with E-state index in [1.165, 1.54) is 23.1 Å². The maximum atomic E-state index is 14.4. The molecule has 2 amide bonds. The molecule has 0 fully saturated rings. The second-order valence-corrected chi connectivity index (χ2v) is 13.5. The van der Waals surface area contributed by atoms with Gasteiger partial charge < -0.3 is 10.2 Å². The van der Waals surface area contributed by atoms with E-state index in [-0.39, 0.29) is 35.5 Å². The lowest BCUT2D eigenvalue weighted by Gasteiger charge is -2.34. The van der Waals surface area contributed by atoms with E-state index in [4.69, 9.17) is 23.2 Å². The van der Waals surface area contributed by atoms with E-state index in [1.54, 1.807) is 54.6 Å². The minimum absolute atomic E-state index is 0.0205. The first-order valence-electron chi connectivity index (χ1n) is 14.2. The van der Waals surface area contributed by atoms with Crippen LogP contribution in [0.25, 0.3) is 0 Å². The number of carbonyl (C=O) groups excluding carboxylic acids is 2. The van der Waals surface area contributed by atoms with Crippen LogP contribution in [0.4, 0.5) is 5.69 Å². The minimum atomic E-state index is -4.21. The van der Waals surface area contributed by atoms with Gasteiger partial charge in [-0.05, 0) is 73.9 Å². The first-order chi connectivity index (χ1) is 21.0. The van der Waals surface area contributed by atoms with Crippen molar-refractivity contribution in [1.29, 1.82) is 0 Å². The molecule has 0 aliphatic rings. The van der Waals surface area contributed by atoms with E-state index in [0.29, 0.717) is 10.0 Å². The SMILES string of the molecule is Cc1ccc(N(CC(=O)N(Cc2ccc(Cl)cc2)[C@H](Cc2ccccc2)C(=O)NC(C)C)S(=O)(=O)c2ccccc2)cc1Cl. The lowest BCUT2D eigenvalue weighted by molar-refractivity contribution is -0.140. The fourth-order valence-corrected chi connectivity index (χ4v) is 6.43. The highest BCUT2D eigenvalue weighted by molar-refractivity contribution is 7.92. The van der Waals surface area contributed by atoms with Crippen LogP contribution in [0.3, 0.4) is 0 Å². The van der Waals surface area contributed by atoms with Gasteiger partial charge in [0.15, 0.2) is 0 Å². The van der Waals surface area contributed by atoms with E-state index < -0.39 is 28.5 Å². The van der Waals surface area contributed by atoms with Crippen LogP contribution in [-0.2, 0) is 32.6 Å². The van der Waals surface area contributed by atoms with Gasteiger partial charge in [-0.15, -0.1) is 0 Å². The number of anilines is 1. The van der Waals surface area contributed by atoms with E-state index in [0.717, 1.165) is 21.0 Å². The Bertz CT molecular complexity index is 1680. The Labute approximate surface area is 269 Å². The minimum Gasteiger partial charge on any atom is -0.352 e. The number of nitrogens with one attached hydrogen (secondary N) is 1. The molecule has 0 saturated heterocycles. The summed E-state index contributed by atoms with van der Waals surface area (Å²) in [5, 5.41) is 3.83. The summed E-state index contributed by atoms with van der Waals surface area (Å²) in [5.41, 5.74) is 2.57. The van der Waals surface area contributed by atoms with Crippen LogP contribution in [0, 0.1) is 6.92 Å². The fraction of sp³-hybridized carbons (Fsp3) is 0.235. The zero-order chi connectivity index (χ0) is 31.9. The molecule has 4 rings (SSSR count). The molecule has 230 valence electrons. The molecule has 0 aromatic heterocycles. The van der Waals surface area contributed by atoms with Gasteiger partial charge in [0.05, 0.1) is 10.6 Å². The van der Waals surface area contributed by atoms with Crippen LogP contribution >= 0.6 is 23.2 Å². The molecule has 0 radical (unpaired) electrons. The van der Waals surface area contributed by atoms with E-state index >= 15 is 0 Å².